The Labute approximate surface area is 154 Å². The van der Waals surface area contributed by atoms with Crippen LogP contribution in [-0.4, -0.2) is 31.8 Å². The van der Waals surface area contributed by atoms with Gasteiger partial charge in [0.1, 0.15) is 24.2 Å². The van der Waals surface area contributed by atoms with Crippen molar-refractivity contribution in [3.05, 3.63) is 59.7 Å². The number of benzene rings is 2. The molecule has 1 heterocycles. The molecule has 1 unspecified atom stereocenters. The highest BCUT2D eigenvalue weighted by Crippen LogP contribution is 2.33. The number of hydrogen-bond acceptors (Lipinski definition) is 3. The van der Waals surface area contributed by atoms with Gasteiger partial charge in [0.05, 0.1) is 13.2 Å². The normalized spacial score (nSPS) is 16.5. The van der Waals surface area contributed by atoms with Gasteiger partial charge in [0.2, 0.25) is 0 Å². The number of rotatable bonds is 9. The summed E-state index contributed by atoms with van der Waals surface area (Å²) >= 11 is 5.67. The zero-order valence-electron chi connectivity index (χ0n) is 14.8. The standard InChI is InChI=1S/C21H25ClO3/c1-21(2,16-4-8-18(9-5-16)23-13-3-12-22)17-6-10-19(11-7-17)24-14-20-15-25-20/h4-11,20H,3,12-15H2,1-2H3. The summed E-state index contributed by atoms with van der Waals surface area (Å²) in [7, 11) is 0. The Kier molecular flexibility index (Phi) is 5.87. The van der Waals surface area contributed by atoms with Gasteiger partial charge >= 0.3 is 0 Å². The van der Waals surface area contributed by atoms with Crippen molar-refractivity contribution >= 4 is 11.6 Å². The molecule has 1 atom stereocenters. The van der Waals surface area contributed by atoms with Gasteiger partial charge in [0.15, 0.2) is 0 Å². The summed E-state index contributed by atoms with van der Waals surface area (Å²) in [6.45, 7) is 6.55. The van der Waals surface area contributed by atoms with E-state index in [1.165, 1.54) is 11.1 Å². The molecular weight excluding hydrogens is 336 g/mol. The second kappa shape index (κ2) is 8.11. The summed E-state index contributed by atoms with van der Waals surface area (Å²) in [6.07, 6.45) is 1.14. The largest absolute Gasteiger partial charge is 0.494 e. The SMILES string of the molecule is CC(C)(c1ccc(OCCCCl)cc1)c1ccc(OCC2CO2)cc1. The maximum atomic E-state index is 5.71. The molecule has 4 heteroatoms. The third-order valence-corrected chi connectivity index (χ3v) is 4.80. The van der Waals surface area contributed by atoms with Gasteiger partial charge in [0, 0.05) is 11.3 Å². The third kappa shape index (κ3) is 4.90. The van der Waals surface area contributed by atoms with E-state index in [0.717, 1.165) is 24.5 Å². The maximum Gasteiger partial charge on any atom is 0.119 e. The highest BCUT2D eigenvalue weighted by molar-refractivity contribution is 6.17. The fraction of sp³-hybridized carbons (Fsp3) is 0.429. The van der Waals surface area contributed by atoms with Crippen molar-refractivity contribution in [1.29, 1.82) is 0 Å². The predicted octanol–water partition coefficient (Wildman–Crippen LogP) is 4.80. The van der Waals surface area contributed by atoms with Crippen LogP contribution >= 0.6 is 11.6 Å². The highest BCUT2D eigenvalue weighted by Gasteiger charge is 2.24. The Hall–Kier alpha value is -1.71. The van der Waals surface area contributed by atoms with Gasteiger partial charge < -0.3 is 14.2 Å². The van der Waals surface area contributed by atoms with E-state index >= 15 is 0 Å². The first-order valence-electron chi connectivity index (χ1n) is 8.74. The van der Waals surface area contributed by atoms with Crippen LogP contribution < -0.4 is 9.47 Å². The quantitative estimate of drug-likeness (QED) is 0.365. The lowest BCUT2D eigenvalue weighted by Gasteiger charge is -2.26. The van der Waals surface area contributed by atoms with Crippen LogP contribution in [0.25, 0.3) is 0 Å². The summed E-state index contributed by atoms with van der Waals surface area (Å²) in [5.41, 5.74) is 2.41. The first kappa shape index (κ1) is 18.1. The van der Waals surface area contributed by atoms with E-state index in [0.29, 0.717) is 19.1 Å². The topological polar surface area (TPSA) is 31.0 Å². The van der Waals surface area contributed by atoms with Crippen LogP contribution in [-0.2, 0) is 10.2 Å². The van der Waals surface area contributed by atoms with Crippen LogP contribution in [0.3, 0.4) is 0 Å². The molecule has 0 spiro atoms. The second-order valence-electron chi connectivity index (χ2n) is 6.83. The summed E-state index contributed by atoms with van der Waals surface area (Å²) < 4.78 is 16.6. The van der Waals surface area contributed by atoms with E-state index < -0.39 is 0 Å². The minimum atomic E-state index is -0.0905. The van der Waals surface area contributed by atoms with Gasteiger partial charge in [-0.2, -0.15) is 0 Å². The van der Waals surface area contributed by atoms with Crippen molar-refractivity contribution in [3.8, 4) is 11.5 Å². The zero-order chi connectivity index (χ0) is 17.7. The van der Waals surface area contributed by atoms with Crippen molar-refractivity contribution in [2.24, 2.45) is 0 Å². The molecule has 1 aliphatic rings. The van der Waals surface area contributed by atoms with Gasteiger partial charge in [-0.1, -0.05) is 38.1 Å². The lowest BCUT2D eigenvalue weighted by Crippen LogP contribution is -2.18. The fourth-order valence-corrected chi connectivity index (χ4v) is 2.81. The Balaban J connectivity index is 1.64. The van der Waals surface area contributed by atoms with Gasteiger partial charge in [-0.25, -0.2) is 0 Å². The van der Waals surface area contributed by atoms with Gasteiger partial charge in [-0.3, -0.25) is 0 Å². The van der Waals surface area contributed by atoms with Crippen LogP contribution in [0.5, 0.6) is 11.5 Å². The monoisotopic (exact) mass is 360 g/mol. The van der Waals surface area contributed by atoms with E-state index in [2.05, 4.69) is 38.1 Å². The smallest absolute Gasteiger partial charge is 0.119 e. The molecule has 2 aromatic rings. The number of halogens is 1. The molecule has 1 aliphatic heterocycles. The molecule has 1 saturated heterocycles. The summed E-state index contributed by atoms with van der Waals surface area (Å²) in [5, 5.41) is 0. The van der Waals surface area contributed by atoms with Crippen molar-refractivity contribution in [2.45, 2.75) is 31.8 Å². The van der Waals surface area contributed by atoms with E-state index in [-0.39, 0.29) is 11.5 Å². The molecule has 3 nitrogen and oxygen atoms in total. The molecule has 3 rings (SSSR count). The van der Waals surface area contributed by atoms with E-state index in [9.17, 15) is 0 Å². The first-order chi connectivity index (χ1) is 12.1. The van der Waals surface area contributed by atoms with Crippen LogP contribution in [0.1, 0.15) is 31.4 Å². The van der Waals surface area contributed by atoms with Crippen LogP contribution in [0, 0.1) is 0 Å². The number of ether oxygens (including phenoxy) is 3. The third-order valence-electron chi connectivity index (χ3n) is 4.54. The van der Waals surface area contributed by atoms with Crippen molar-refractivity contribution < 1.29 is 14.2 Å². The minimum Gasteiger partial charge on any atom is -0.494 e. The first-order valence-corrected chi connectivity index (χ1v) is 9.27. The lowest BCUT2D eigenvalue weighted by atomic mass is 9.78. The zero-order valence-corrected chi connectivity index (χ0v) is 15.6. The van der Waals surface area contributed by atoms with Gasteiger partial charge in [-0.15, -0.1) is 11.6 Å². The average molecular weight is 361 g/mol. The molecule has 0 amide bonds. The van der Waals surface area contributed by atoms with E-state index in [4.69, 9.17) is 25.8 Å². The molecular formula is C21H25ClO3. The van der Waals surface area contributed by atoms with Crippen LogP contribution in [0.15, 0.2) is 48.5 Å². The second-order valence-corrected chi connectivity index (χ2v) is 7.21. The maximum absolute atomic E-state index is 5.71. The minimum absolute atomic E-state index is 0.0905. The van der Waals surface area contributed by atoms with Crippen molar-refractivity contribution in [3.63, 3.8) is 0 Å². The van der Waals surface area contributed by atoms with Gasteiger partial charge in [-0.05, 0) is 41.8 Å². The molecule has 0 aliphatic carbocycles. The van der Waals surface area contributed by atoms with E-state index in [1.807, 2.05) is 24.3 Å². The molecule has 0 aromatic heterocycles. The van der Waals surface area contributed by atoms with Crippen molar-refractivity contribution in [1.82, 2.24) is 0 Å². The molecule has 0 radical (unpaired) electrons. The molecule has 0 bridgehead atoms. The Morgan fingerprint density at radius 1 is 0.960 bits per heavy atom. The number of alkyl halides is 1. The predicted molar refractivity (Wildman–Crippen MR) is 101 cm³/mol. The molecule has 25 heavy (non-hydrogen) atoms. The molecule has 134 valence electrons. The van der Waals surface area contributed by atoms with Gasteiger partial charge in [0.25, 0.3) is 0 Å². The highest BCUT2D eigenvalue weighted by atomic mass is 35.5. The molecule has 0 saturated carbocycles. The Morgan fingerprint density at radius 2 is 1.48 bits per heavy atom. The molecule has 2 aromatic carbocycles. The number of epoxide rings is 1. The molecule has 1 fully saturated rings. The fourth-order valence-electron chi connectivity index (χ4n) is 2.70. The number of hydrogen-bond donors (Lipinski definition) is 0. The molecule has 0 N–H and O–H groups in total. The summed E-state index contributed by atoms with van der Waals surface area (Å²) in [6, 6.07) is 16.6. The Bertz CT molecular complexity index is 661. The lowest BCUT2D eigenvalue weighted by molar-refractivity contribution is 0.263. The Morgan fingerprint density at radius 3 is 1.96 bits per heavy atom. The van der Waals surface area contributed by atoms with Crippen LogP contribution in [0.4, 0.5) is 0 Å². The van der Waals surface area contributed by atoms with E-state index in [1.54, 1.807) is 0 Å². The summed E-state index contributed by atoms with van der Waals surface area (Å²) in [4.78, 5) is 0. The van der Waals surface area contributed by atoms with Crippen LogP contribution in [0.2, 0.25) is 0 Å². The summed E-state index contributed by atoms with van der Waals surface area (Å²) in [5.74, 6) is 2.40. The van der Waals surface area contributed by atoms with Crippen molar-refractivity contribution in [2.75, 3.05) is 25.7 Å². The average Bonchev–Trinajstić information content (AvgIpc) is 3.45.